The van der Waals surface area contributed by atoms with Gasteiger partial charge in [-0.05, 0) is 49.3 Å². The Morgan fingerprint density at radius 1 is 1.40 bits per heavy atom. The van der Waals surface area contributed by atoms with Gasteiger partial charge in [0.2, 0.25) is 0 Å². The highest BCUT2D eigenvalue weighted by Crippen LogP contribution is 2.33. The van der Waals surface area contributed by atoms with E-state index < -0.39 is 11.7 Å². The van der Waals surface area contributed by atoms with Crippen molar-refractivity contribution in [2.45, 2.75) is 52.5 Å². The molecule has 1 aromatic carbocycles. The van der Waals surface area contributed by atoms with E-state index in [9.17, 15) is 9.18 Å². The first-order valence-corrected chi connectivity index (χ1v) is 9.61. The number of hydrogen-bond acceptors (Lipinski definition) is 2. The van der Waals surface area contributed by atoms with Crippen LogP contribution in [0.4, 0.5) is 4.39 Å². The molecule has 3 nitrogen and oxygen atoms in total. The van der Waals surface area contributed by atoms with Crippen molar-refractivity contribution in [2.75, 3.05) is 0 Å². The van der Waals surface area contributed by atoms with Crippen molar-refractivity contribution in [2.24, 2.45) is 10.9 Å². The largest absolute Gasteiger partial charge is 0.320 e. The monoisotopic (exact) mass is 380 g/mol. The van der Waals surface area contributed by atoms with Gasteiger partial charge in [-0.3, -0.25) is 4.79 Å². The van der Waals surface area contributed by atoms with Gasteiger partial charge in [0.15, 0.2) is 4.80 Å². The highest BCUT2D eigenvalue weighted by Gasteiger charge is 2.27. The lowest BCUT2D eigenvalue weighted by molar-refractivity contribution is 0.0994. The van der Waals surface area contributed by atoms with Crippen LogP contribution >= 0.6 is 22.9 Å². The van der Waals surface area contributed by atoms with E-state index in [1.54, 1.807) is 0 Å². The zero-order valence-corrected chi connectivity index (χ0v) is 16.5. The van der Waals surface area contributed by atoms with Gasteiger partial charge >= 0.3 is 0 Å². The van der Waals surface area contributed by atoms with Crippen molar-refractivity contribution < 1.29 is 9.18 Å². The van der Waals surface area contributed by atoms with E-state index in [2.05, 4.69) is 37.3 Å². The van der Waals surface area contributed by atoms with Crippen molar-refractivity contribution in [3.8, 4) is 0 Å². The molecule has 0 radical (unpaired) electrons. The maximum absolute atomic E-state index is 14.0. The van der Waals surface area contributed by atoms with Crippen LogP contribution in [0.2, 0.25) is 5.02 Å². The molecule has 1 amide bonds. The Kier molecular flexibility index (Phi) is 4.91. The summed E-state index contributed by atoms with van der Waals surface area (Å²) in [7, 11) is 0. The molecule has 1 saturated carbocycles. The van der Waals surface area contributed by atoms with Crippen LogP contribution in [0, 0.1) is 18.7 Å². The fourth-order valence-corrected chi connectivity index (χ4v) is 4.20. The van der Waals surface area contributed by atoms with Gasteiger partial charge in [-0.25, -0.2) is 4.39 Å². The van der Waals surface area contributed by atoms with Gasteiger partial charge in [-0.15, -0.1) is 11.3 Å². The van der Waals surface area contributed by atoms with Crippen LogP contribution in [0.15, 0.2) is 23.2 Å². The summed E-state index contributed by atoms with van der Waals surface area (Å²) in [5.41, 5.74) is 1.07. The third kappa shape index (κ3) is 4.04. The quantitative estimate of drug-likeness (QED) is 0.729. The van der Waals surface area contributed by atoms with Gasteiger partial charge in [-0.1, -0.05) is 32.4 Å². The molecule has 0 atom stereocenters. The van der Waals surface area contributed by atoms with E-state index in [0.29, 0.717) is 10.7 Å². The number of nitrogens with zero attached hydrogens (tertiary/aromatic N) is 2. The molecule has 6 heteroatoms. The number of thiazole rings is 1. The molecule has 0 N–H and O–H groups in total. The molecule has 2 aromatic rings. The molecule has 0 spiro atoms. The van der Waals surface area contributed by atoms with Gasteiger partial charge < -0.3 is 4.57 Å². The molecule has 3 rings (SSSR count). The number of carbonyl (C=O) groups excluding carboxylic acids is 1. The molecule has 25 heavy (non-hydrogen) atoms. The van der Waals surface area contributed by atoms with E-state index in [-0.39, 0.29) is 16.0 Å². The molecule has 134 valence electrons. The minimum Gasteiger partial charge on any atom is -0.320 e. The number of amides is 1. The third-order valence-corrected chi connectivity index (χ3v) is 6.18. The molecule has 0 unspecified atom stereocenters. The molecule has 1 aromatic heterocycles. The maximum Gasteiger partial charge on any atom is 0.282 e. The van der Waals surface area contributed by atoms with Crippen LogP contribution in [-0.2, 0) is 12.0 Å². The van der Waals surface area contributed by atoms with Gasteiger partial charge in [-0.2, -0.15) is 4.99 Å². The van der Waals surface area contributed by atoms with Gasteiger partial charge in [0.05, 0.1) is 5.56 Å². The summed E-state index contributed by atoms with van der Waals surface area (Å²) in [6.07, 6.45) is 2.43. The minimum absolute atomic E-state index is 0.0254. The van der Waals surface area contributed by atoms with Crippen LogP contribution < -0.4 is 4.80 Å². The summed E-state index contributed by atoms with van der Waals surface area (Å²) >= 11 is 7.28. The Morgan fingerprint density at radius 3 is 2.64 bits per heavy atom. The Morgan fingerprint density at radius 2 is 2.08 bits per heavy atom. The van der Waals surface area contributed by atoms with Crippen LogP contribution in [-0.4, -0.2) is 10.5 Å². The summed E-state index contributed by atoms with van der Waals surface area (Å²) in [6.45, 7) is 9.40. The Labute approximate surface area is 156 Å². The zero-order chi connectivity index (χ0) is 18.4. The highest BCUT2D eigenvalue weighted by molar-refractivity contribution is 7.09. The smallest absolute Gasteiger partial charge is 0.282 e. The Hall–Kier alpha value is -1.46. The molecular formula is C19H22ClFN2OS. The second kappa shape index (κ2) is 6.69. The maximum atomic E-state index is 14.0. The van der Waals surface area contributed by atoms with Gasteiger partial charge in [0, 0.05) is 22.1 Å². The van der Waals surface area contributed by atoms with E-state index in [1.807, 2.05) is 0 Å². The van der Waals surface area contributed by atoms with Crippen LogP contribution in [0.5, 0.6) is 0 Å². The molecule has 0 aliphatic heterocycles. The molecule has 1 fully saturated rings. The number of rotatable bonds is 3. The number of benzene rings is 1. The average Bonchev–Trinajstić information content (AvgIpc) is 3.25. The summed E-state index contributed by atoms with van der Waals surface area (Å²) < 4.78 is 16.1. The molecule has 0 saturated heterocycles. The number of carbonyl (C=O) groups is 1. The second-order valence-electron chi connectivity index (χ2n) is 7.64. The average molecular weight is 381 g/mol. The highest BCUT2D eigenvalue weighted by atomic mass is 35.5. The SMILES string of the molecule is Cc1c(C(C)(C)C)s/c(=N\C(=O)c2ccc(Cl)cc2F)n1CC1CC1. The van der Waals surface area contributed by atoms with Gasteiger partial charge in [0.1, 0.15) is 5.82 Å². The number of hydrogen-bond donors (Lipinski definition) is 0. The summed E-state index contributed by atoms with van der Waals surface area (Å²) in [4.78, 5) is 18.6. The van der Waals surface area contributed by atoms with E-state index in [0.717, 1.165) is 18.3 Å². The first-order valence-electron chi connectivity index (χ1n) is 8.41. The topological polar surface area (TPSA) is 34.4 Å². The fourth-order valence-electron chi connectivity index (χ4n) is 2.85. The number of aromatic nitrogens is 1. The van der Waals surface area contributed by atoms with Crippen molar-refractivity contribution in [1.82, 2.24) is 4.57 Å². The number of halogens is 2. The second-order valence-corrected chi connectivity index (χ2v) is 9.06. The standard InChI is InChI=1S/C19H22ClFN2OS/c1-11-16(19(2,3)4)25-18(23(11)10-12-5-6-12)22-17(24)14-8-7-13(20)9-15(14)21/h7-9,12H,5-6,10H2,1-4H3/b22-18-. The van der Waals surface area contributed by atoms with Crippen LogP contribution in [0.3, 0.4) is 0 Å². The first-order chi connectivity index (χ1) is 11.7. The zero-order valence-electron chi connectivity index (χ0n) is 14.9. The normalized spacial score (nSPS) is 15.7. The summed E-state index contributed by atoms with van der Waals surface area (Å²) in [5, 5.41) is 0.264. The van der Waals surface area contributed by atoms with E-state index in [4.69, 9.17) is 11.6 Å². The lowest BCUT2D eigenvalue weighted by atomic mass is 9.93. The third-order valence-electron chi connectivity index (χ3n) is 4.34. The molecule has 1 heterocycles. The van der Waals surface area contributed by atoms with Crippen LogP contribution in [0.25, 0.3) is 0 Å². The molecular weight excluding hydrogens is 359 g/mol. The van der Waals surface area contributed by atoms with E-state index in [1.165, 1.54) is 41.2 Å². The lowest BCUT2D eigenvalue weighted by Crippen LogP contribution is -2.20. The fraction of sp³-hybridized carbons (Fsp3) is 0.474. The van der Waals surface area contributed by atoms with Crippen molar-refractivity contribution in [1.29, 1.82) is 0 Å². The Bertz CT molecular complexity index is 888. The first kappa shape index (κ1) is 18.3. The molecule has 1 aliphatic carbocycles. The predicted octanol–water partition coefficient (Wildman–Crippen LogP) is 5.10. The van der Waals surface area contributed by atoms with Crippen molar-refractivity contribution in [3.63, 3.8) is 0 Å². The van der Waals surface area contributed by atoms with Crippen molar-refractivity contribution in [3.05, 3.63) is 50.0 Å². The summed E-state index contributed by atoms with van der Waals surface area (Å²) in [5.74, 6) is -0.554. The lowest BCUT2D eigenvalue weighted by Gasteiger charge is -2.17. The molecule has 1 aliphatic rings. The van der Waals surface area contributed by atoms with Crippen LogP contribution in [0.1, 0.15) is 54.5 Å². The predicted molar refractivity (Wildman–Crippen MR) is 99.8 cm³/mol. The van der Waals surface area contributed by atoms with E-state index >= 15 is 0 Å². The Balaban J connectivity index is 2.07. The van der Waals surface area contributed by atoms with Crippen molar-refractivity contribution >= 4 is 28.8 Å². The van der Waals surface area contributed by atoms with Gasteiger partial charge in [0.25, 0.3) is 5.91 Å². The minimum atomic E-state index is -0.640. The summed E-state index contributed by atoms with van der Waals surface area (Å²) in [6, 6.07) is 4.04. The molecule has 0 bridgehead atoms.